The van der Waals surface area contributed by atoms with Gasteiger partial charge in [0.05, 0.1) is 27.4 Å². The Bertz CT molecular complexity index is 1200. The van der Waals surface area contributed by atoms with E-state index in [1.807, 2.05) is 0 Å². The van der Waals surface area contributed by atoms with Crippen molar-refractivity contribution in [2.75, 3.05) is 13.2 Å². The second kappa shape index (κ2) is 9.91. The van der Waals surface area contributed by atoms with Crippen LogP contribution in [0.15, 0.2) is 47.4 Å². The maximum Gasteiger partial charge on any atom is 0.326 e. The van der Waals surface area contributed by atoms with Gasteiger partial charge in [0.2, 0.25) is 5.75 Å². The van der Waals surface area contributed by atoms with E-state index in [1.54, 1.807) is 19.1 Å². The van der Waals surface area contributed by atoms with E-state index in [1.165, 1.54) is 18.2 Å². The molecule has 0 spiro atoms. The molecule has 1 aliphatic heterocycles. The van der Waals surface area contributed by atoms with Crippen LogP contribution in [0.1, 0.15) is 12.5 Å². The van der Waals surface area contributed by atoms with Crippen molar-refractivity contribution in [2.45, 2.75) is 6.92 Å². The number of thioether (sulfide) groups is 1. The maximum absolute atomic E-state index is 12.5. The lowest BCUT2D eigenvalue weighted by Crippen LogP contribution is -2.34. The lowest BCUT2D eigenvalue weighted by molar-refractivity contribution is -0.394. The summed E-state index contributed by atoms with van der Waals surface area (Å²) in [6.45, 7) is 1.22. The van der Waals surface area contributed by atoms with Gasteiger partial charge in [-0.15, -0.1) is 0 Å². The third-order valence-corrected chi connectivity index (χ3v) is 5.11. The Hall–Kier alpha value is -4.26. The van der Waals surface area contributed by atoms with Crippen LogP contribution in [0.3, 0.4) is 0 Å². The summed E-state index contributed by atoms with van der Waals surface area (Å²) >= 11 is 0.654. The molecule has 0 saturated carbocycles. The predicted molar refractivity (Wildman–Crippen MR) is 116 cm³/mol. The van der Waals surface area contributed by atoms with Crippen LogP contribution < -0.4 is 4.74 Å². The second-order valence-corrected chi connectivity index (χ2v) is 7.41. The summed E-state index contributed by atoms with van der Waals surface area (Å²) < 4.78 is 10.3. The third-order valence-electron chi connectivity index (χ3n) is 4.20. The molecule has 170 valence electrons. The fraction of sp³-hybridized carbons (Fsp3) is 0.150. The van der Waals surface area contributed by atoms with Crippen molar-refractivity contribution in [3.63, 3.8) is 0 Å². The fourth-order valence-electron chi connectivity index (χ4n) is 2.77. The number of hydrogen-bond acceptors (Lipinski definition) is 10. The quantitative estimate of drug-likeness (QED) is 0.238. The number of nitro groups is 2. The number of carbonyl (C=O) groups is 3. The average Bonchev–Trinajstić information content (AvgIpc) is 3.01. The van der Waals surface area contributed by atoms with E-state index in [0.29, 0.717) is 17.3 Å². The highest BCUT2D eigenvalue weighted by Crippen LogP contribution is 2.36. The molecule has 0 bridgehead atoms. The zero-order chi connectivity index (χ0) is 24.1. The first-order valence-electron chi connectivity index (χ1n) is 9.31. The topological polar surface area (TPSA) is 159 Å². The van der Waals surface area contributed by atoms with Gasteiger partial charge in [-0.3, -0.25) is 39.5 Å². The highest BCUT2D eigenvalue weighted by molar-refractivity contribution is 8.18. The van der Waals surface area contributed by atoms with E-state index in [0.717, 1.165) is 23.1 Å². The Morgan fingerprint density at radius 1 is 1.12 bits per heavy atom. The van der Waals surface area contributed by atoms with Gasteiger partial charge in [-0.1, -0.05) is 12.1 Å². The molecule has 2 aromatic rings. The molecule has 3 rings (SSSR count). The number of imide groups is 1. The number of nitro benzene ring substituents is 2. The minimum absolute atomic E-state index is 0.0720. The largest absolute Gasteiger partial charge is 0.465 e. The molecule has 0 atom stereocenters. The lowest BCUT2D eigenvalue weighted by Gasteiger charge is -2.10. The third kappa shape index (κ3) is 5.51. The number of amides is 2. The highest BCUT2D eigenvalue weighted by atomic mass is 32.2. The molecular formula is C20H15N3O9S. The summed E-state index contributed by atoms with van der Waals surface area (Å²) in [6, 6.07) is 9.10. The minimum atomic E-state index is -0.800. The first-order chi connectivity index (χ1) is 15.7. The van der Waals surface area contributed by atoms with Crippen molar-refractivity contribution in [1.82, 2.24) is 4.90 Å². The molecule has 2 aromatic carbocycles. The van der Waals surface area contributed by atoms with Crippen molar-refractivity contribution in [2.24, 2.45) is 0 Å². The number of nitrogens with zero attached hydrogens (tertiary/aromatic N) is 3. The number of hydrogen-bond donors (Lipinski definition) is 0. The smallest absolute Gasteiger partial charge is 0.326 e. The van der Waals surface area contributed by atoms with E-state index in [-0.39, 0.29) is 23.0 Å². The number of ether oxygens (including phenoxy) is 2. The molecular weight excluding hydrogens is 458 g/mol. The van der Waals surface area contributed by atoms with Crippen molar-refractivity contribution >= 4 is 46.3 Å². The van der Waals surface area contributed by atoms with Crippen LogP contribution in [-0.2, 0) is 14.3 Å². The van der Waals surface area contributed by atoms with Gasteiger partial charge in [-0.25, -0.2) is 0 Å². The number of non-ortho nitro benzene ring substituents is 1. The molecule has 12 nitrogen and oxygen atoms in total. The molecule has 1 heterocycles. The van der Waals surface area contributed by atoms with Gasteiger partial charge >= 0.3 is 11.7 Å². The molecule has 0 N–H and O–H groups in total. The fourth-order valence-corrected chi connectivity index (χ4v) is 3.60. The Labute approximate surface area is 190 Å². The Kier molecular flexibility index (Phi) is 7.03. The van der Waals surface area contributed by atoms with Crippen LogP contribution in [0, 0.1) is 20.2 Å². The summed E-state index contributed by atoms with van der Waals surface area (Å²) in [5.41, 5.74) is -0.602. The summed E-state index contributed by atoms with van der Waals surface area (Å²) in [7, 11) is 0. The molecule has 0 unspecified atom stereocenters. The van der Waals surface area contributed by atoms with Gasteiger partial charge in [0.25, 0.3) is 16.8 Å². The SMILES string of the molecule is CCOC(=O)CN1C(=O)S/C(=C\c2cccc(Oc3ccc([N+](=O)[O-])cc3[N+](=O)[O-])c2)C1=O. The monoisotopic (exact) mass is 473 g/mol. The molecule has 1 aliphatic rings. The average molecular weight is 473 g/mol. The van der Waals surface area contributed by atoms with Crippen molar-refractivity contribution in [3.8, 4) is 11.5 Å². The Morgan fingerprint density at radius 3 is 2.55 bits per heavy atom. The van der Waals surface area contributed by atoms with Crippen molar-refractivity contribution in [1.29, 1.82) is 0 Å². The van der Waals surface area contributed by atoms with Crippen LogP contribution in [0.4, 0.5) is 16.2 Å². The molecule has 1 fully saturated rings. The lowest BCUT2D eigenvalue weighted by atomic mass is 10.2. The number of esters is 1. The van der Waals surface area contributed by atoms with Gasteiger partial charge in [-0.05, 0) is 48.5 Å². The maximum atomic E-state index is 12.5. The van der Waals surface area contributed by atoms with Crippen LogP contribution in [0.5, 0.6) is 11.5 Å². The van der Waals surface area contributed by atoms with Crippen LogP contribution in [0.25, 0.3) is 6.08 Å². The van der Waals surface area contributed by atoms with Gasteiger partial charge in [0.1, 0.15) is 12.3 Å². The van der Waals surface area contributed by atoms with E-state index in [4.69, 9.17) is 9.47 Å². The predicted octanol–water partition coefficient (Wildman–Crippen LogP) is 3.89. The van der Waals surface area contributed by atoms with Crippen LogP contribution in [-0.4, -0.2) is 45.0 Å². The first kappa shape index (κ1) is 23.4. The number of carbonyl (C=O) groups excluding carboxylic acids is 3. The molecule has 2 amide bonds. The standard InChI is InChI=1S/C20H15N3O9S/c1-2-31-18(24)11-21-19(25)17(33-20(21)26)9-12-4-3-5-14(8-12)32-16-7-6-13(22(27)28)10-15(16)23(29)30/h3-10H,2,11H2,1H3/b17-9-. The van der Waals surface area contributed by atoms with Gasteiger partial charge < -0.3 is 9.47 Å². The minimum Gasteiger partial charge on any atom is -0.465 e. The molecule has 0 aromatic heterocycles. The zero-order valence-corrected chi connectivity index (χ0v) is 17.8. The highest BCUT2D eigenvalue weighted by Gasteiger charge is 2.36. The molecule has 0 aliphatic carbocycles. The van der Waals surface area contributed by atoms with E-state index < -0.39 is 44.9 Å². The van der Waals surface area contributed by atoms with Gasteiger partial charge in [-0.2, -0.15) is 0 Å². The molecule has 1 saturated heterocycles. The van der Waals surface area contributed by atoms with E-state index >= 15 is 0 Å². The zero-order valence-electron chi connectivity index (χ0n) is 17.0. The van der Waals surface area contributed by atoms with Crippen LogP contribution >= 0.6 is 11.8 Å². The summed E-state index contributed by atoms with van der Waals surface area (Å²) in [6.07, 6.45) is 1.41. The summed E-state index contributed by atoms with van der Waals surface area (Å²) in [5, 5.41) is 21.5. The second-order valence-electron chi connectivity index (χ2n) is 6.41. The summed E-state index contributed by atoms with van der Waals surface area (Å²) in [4.78, 5) is 57.6. The molecule has 13 heteroatoms. The summed E-state index contributed by atoms with van der Waals surface area (Å²) in [5.74, 6) is -1.42. The van der Waals surface area contributed by atoms with Gasteiger partial charge in [0, 0.05) is 6.07 Å². The van der Waals surface area contributed by atoms with Crippen molar-refractivity contribution < 1.29 is 33.7 Å². The van der Waals surface area contributed by atoms with E-state index in [2.05, 4.69) is 0 Å². The number of benzene rings is 2. The van der Waals surface area contributed by atoms with Crippen LogP contribution in [0.2, 0.25) is 0 Å². The van der Waals surface area contributed by atoms with E-state index in [9.17, 15) is 34.6 Å². The first-order valence-corrected chi connectivity index (χ1v) is 10.1. The number of rotatable bonds is 8. The normalized spacial score (nSPS) is 14.5. The molecule has 0 radical (unpaired) electrons. The van der Waals surface area contributed by atoms with Crippen molar-refractivity contribution in [3.05, 3.63) is 73.2 Å². The Balaban J connectivity index is 1.82. The molecule has 33 heavy (non-hydrogen) atoms. The van der Waals surface area contributed by atoms with Gasteiger partial charge in [0.15, 0.2) is 0 Å². The Morgan fingerprint density at radius 2 is 1.88 bits per heavy atom.